The maximum absolute atomic E-state index is 11.1. The number of pyridine rings is 1. The lowest BCUT2D eigenvalue weighted by atomic mass is 10.0. The van der Waals surface area contributed by atoms with E-state index in [2.05, 4.69) is 10.3 Å². The Bertz CT molecular complexity index is 1040. The number of aromatic nitrogens is 1. The zero-order valence-electron chi connectivity index (χ0n) is 15.3. The minimum Gasteiger partial charge on any atom is -0.459 e. The Morgan fingerprint density at radius 3 is 2.83 bits per heavy atom. The number of thiocarbonyl (C=S) groups is 1. The molecule has 2 atom stereocenters. The van der Waals surface area contributed by atoms with Gasteiger partial charge >= 0.3 is 0 Å². The molecule has 29 heavy (non-hydrogen) atoms. The summed E-state index contributed by atoms with van der Waals surface area (Å²) in [6.45, 7) is 0.276. The fraction of sp³-hybridized carbons (Fsp3) is 0.200. The van der Waals surface area contributed by atoms with E-state index in [1.165, 1.54) is 12.1 Å². The normalized spacial score (nSPS) is 18.7. The maximum atomic E-state index is 11.1. The lowest BCUT2D eigenvalue weighted by Gasteiger charge is -2.25. The zero-order valence-corrected chi connectivity index (χ0v) is 16.1. The summed E-state index contributed by atoms with van der Waals surface area (Å²) in [5.41, 5.74) is 1.41. The molecule has 0 aliphatic carbocycles. The molecule has 4 rings (SSSR count). The number of β-amino-alcohol motifs (C(OH)–C–C–N with tert-alkyl or cyclic N) is 1. The highest BCUT2D eigenvalue weighted by molar-refractivity contribution is 7.80. The van der Waals surface area contributed by atoms with E-state index in [4.69, 9.17) is 16.6 Å². The monoisotopic (exact) mass is 410 g/mol. The summed E-state index contributed by atoms with van der Waals surface area (Å²) in [5.74, 6) is 1.15. The van der Waals surface area contributed by atoms with Gasteiger partial charge in [0.15, 0.2) is 5.11 Å². The second-order valence-corrected chi connectivity index (χ2v) is 6.94. The van der Waals surface area contributed by atoms with Crippen molar-refractivity contribution in [2.75, 3.05) is 13.2 Å². The van der Waals surface area contributed by atoms with E-state index >= 15 is 0 Å². The first-order chi connectivity index (χ1) is 14.1. The minimum absolute atomic E-state index is 0.00238. The standard InChI is InChI=1S/C20H18N4O4S/c25-11-10-23-19(18(22-20(23)29)15-6-1-2-9-21-15)17-8-7-16(28-17)13-4-3-5-14(12-13)24(26)27/h1-9,12,18-19,25H,10-11H2,(H,22,29)/t18-,19-/m1/s1. The molecule has 148 valence electrons. The van der Waals surface area contributed by atoms with Crippen molar-refractivity contribution in [3.05, 3.63) is 82.4 Å². The number of nitrogens with one attached hydrogen (secondary N) is 1. The van der Waals surface area contributed by atoms with Crippen molar-refractivity contribution >= 4 is 23.0 Å². The quantitative estimate of drug-likeness (QED) is 0.363. The third kappa shape index (κ3) is 3.69. The van der Waals surface area contributed by atoms with Gasteiger partial charge in [-0.15, -0.1) is 0 Å². The molecule has 0 bridgehead atoms. The predicted molar refractivity (Wildman–Crippen MR) is 110 cm³/mol. The number of nitro benzene ring substituents is 1. The molecule has 1 aromatic carbocycles. The van der Waals surface area contributed by atoms with Gasteiger partial charge in [0.25, 0.3) is 5.69 Å². The average Bonchev–Trinajstić information content (AvgIpc) is 3.34. The van der Waals surface area contributed by atoms with Crippen LogP contribution < -0.4 is 5.32 Å². The van der Waals surface area contributed by atoms with Crippen LogP contribution in [0.2, 0.25) is 0 Å². The van der Waals surface area contributed by atoms with E-state index in [9.17, 15) is 15.2 Å². The van der Waals surface area contributed by atoms with Crippen molar-refractivity contribution < 1.29 is 14.4 Å². The van der Waals surface area contributed by atoms with Crippen LogP contribution in [0.5, 0.6) is 0 Å². The topological polar surface area (TPSA) is 105 Å². The van der Waals surface area contributed by atoms with E-state index < -0.39 is 4.92 Å². The third-order valence-corrected chi connectivity index (χ3v) is 5.15. The van der Waals surface area contributed by atoms with Crippen molar-refractivity contribution in [3.8, 4) is 11.3 Å². The number of aliphatic hydroxyl groups is 1. The Labute approximate surface area is 171 Å². The SMILES string of the molecule is O=[N+]([O-])c1cccc(-c2ccc([C@@H]3[C@@H](c4ccccn4)NC(=S)N3CCO)o2)c1. The number of nitrogens with zero attached hydrogens (tertiary/aromatic N) is 3. The molecule has 0 saturated carbocycles. The first-order valence-electron chi connectivity index (χ1n) is 9.02. The summed E-state index contributed by atoms with van der Waals surface area (Å²) < 4.78 is 6.09. The van der Waals surface area contributed by atoms with Crippen LogP contribution in [0.25, 0.3) is 11.3 Å². The number of hydrogen-bond donors (Lipinski definition) is 2. The smallest absolute Gasteiger partial charge is 0.270 e. The zero-order chi connectivity index (χ0) is 20.4. The first kappa shape index (κ1) is 19.0. The average molecular weight is 410 g/mol. The number of aliphatic hydroxyl groups excluding tert-OH is 1. The van der Waals surface area contributed by atoms with Gasteiger partial charge in [-0.2, -0.15) is 0 Å². The Balaban J connectivity index is 1.72. The molecule has 1 fully saturated rings. The van der Waals surface area contributed by atoms with Crippen LogP contribution in [0.15, 0.2) is 65.2 Å². The summed E-state index contributed by atoms with van der Waals surface area (Å²) in [6.07, 6.45) is 1.71. The van der Waals surface area contributed by atoms with E-state index in [1.54, 1.807) is 24.4 Å². The molecule has 0 radical (unpaired) electrons. The molecule has 1 saturated heterocycles. The Kier molecular flexibility index (Phi) is 5.24. The number of non-ortho nitro benzene ring substituents is 1. The highest BCUT2D eigenvalue weighted by Gasteiger charge is 2.41. The second kappa shape index (κ2) is 7.98. The van der Waals surface area contributed by atoms with Crippen LogP contribution in [0.1, 0.15) is 23.5 Å². The van der Waals surface area contributed by atoms with E-state index in [0.29, 0.717) is 28.7 Å². The summed E-state index contributed by atoms with van der Waals surface area (Å²) >= 11 is 5.47. The van der Waals surface area contributed by atoms with E-state index in [1.807, 2.05) is 29.2 Å². The third-order valence-electron chi connectivity index (χ3n) is 4.80. The Morgan fingerprint density at radius 2 is 2.10 bits per heavy atom. The Hall–Kier alpha value is -3.30. The van der Waals surface area contributed by atoms with Gasteiger partial charge in [-0.1, -0.05) is 18.2 Å². The van der Waals surface area contributed by atoms with Crippen LogP contribution in [0.3, 0.4) is 0 Å². The van der Waals surface area contributed by atoms with Crippen LogP contribution in [0, 0.1) is 10.1 Å². The summed E-state index contributed by atoms with van der Waals surface area (Å²) in [6, 6.07) is 15.0. The number of rotatable bonds is 6. The van der Waals surface area contributed by atoms with E-state index in [0.717, 1.165) is 5.69 Å². The Morgan fingerprint density at radius 1 is 1.24 bits per heavy atom. The van der Waals surface area contributed by atoms with Gasteiger partial charge in [-0.25, -0.2) is 0 Å². The van der Waals surface area contributed by atoms with Gasteiger partial charge in [-0.3, -0.25) is 15.1 Å². The van der Waals surface area contributed by atoms with E-state index in [-0.39, 0.29) is 24.4 Å². The molecule has 9 heteroatoms. The first-order valence-corrected chi connectivity index (χ1v) is 9.43. The number of benzene rings is 1. The predicted octanol–water partition coefficient (Wildman–Crippen LogP) is 3.21. The van der Waals surface area contributed by atoms with Crippen molar-refractivity contribution in [3.63, 3.8) is 0 Å². The van der Waals surface area contributed by atoms with Gasteiger partial charge in [-0.05, 0) is 36.5 Å². The van der Waals surface area contributed by atoms with Crippen molar-refractivity contribution in [2.45, 2.75) is 12.1 Å². The minimum atomic E-state index is -0.438. The van der Waals surface area contributed by atoms with Gasteiger partial charge in [0.2, 0.25) is 0 Å². The summed E-state index contributed by atoms with van der Waals surface area (Å²) in [7, 11) is 0. The number of nitro groups is 1. The lowest BCUT2D eigenvalue weighted by Crippen LogP contribution is -2.32. The summed E-state index contributed by atoms with van der Waals surface area (Å²) in [5, 5.41) is 24.3. The van der Waals surface area contributed by atoms with Crippen molar-refractivity contribution in [1.82, 2.24) is 15.2 Å². The van der Waals surface area contributed by atoms with Crippen molar-refractivity contribution in [1.29, 1.82) is 0 Å². The second-order valence-electron chi connectivity index (χ2n) is 6.55. The lowest BCUT2D eigenvalue weighted by molar-refractivity contribution is -0.384. The molecular weight excluding hydrogens is 392 g/mol. The van der Waals surface area contributed by atoms with Gasteiger partial charge < -0.3 is 19.7 Å². The molecule has 0 amide bonds. The number of hydrogen-bond acceptors (Lipinski definition) is 6. The molecular formula is C20H18N4O4S. The fourth-order valence-corrected chi connectivity index (χ4v) is 3.83. The molecule has 2 N–H and O–H groups in total. The van der Waals surface area contributed by atoms with Gasteiger partial charge in [0.1, 0.15) is 17.6 Å². The molecule has 1 aliphatic heterocycles. The molecule has 8 nitrogen and oxygen atoms in total. The number of furan rings is 1. The van der Waals surface area contributed by atoms with Crippen molar-refractivity contribution in [2.24, 2.45) is 0 Å². The van der Waals surface area contributed by atoms with Crippen LogP contribution in [0.4, 0.5) is 5.69 Å². The highest BCUT2D eigenvalue weighted by atomic mass is 32.1. The van der Waals surface area contributed by atoms with Gasteiger partial charge in [0, 0.05) is 30.4 Å². The molecule has 3 aromatic rings. The van der Waals surface area contributed by atoms with Crippen LogP contribution >= 0.6 is 12.2 Å². The maximum Gasteiger partial charge on any atom is 0.270 e. The molecule has 1 aliphatic rings. The van der Waals surface area contributed by atoms with Crippen LogP contribution in [-0.4, -0.2) is 38.2 Å². The van der Waals surface area contributed by atoms with Gasteiger partial charge in [0.05, 0.1) is 23.3 Å². The molecule has 3 heterocycles. The molecule has 2 aromatic heterocycles. The largest absolute Gasteiger partial charge is 0.459 e. The molecule has 0 spiro atoms. The van der Waals surface area contributed by atoms with Crippen LogP contribution in [-0.2, 0) is 0 Å². The summed E-state index contributed by atoms with van der Waals surface area (Å²) in [4.78, 5) is 16.9. The fourth-order valence-electron chi connectivity index (χ4n) is 3.50. The molecule has 0 unspecified atom stereocenters. The highest BCUT2D eigenvalue weighted by Crippen LogP contribution is 2.40.